The third-order valence-corrected chi connectivity index (χ3v) is 6.18. The van der Waals surface area contributed by atoms with Crippen molar-refractivity contribution >= 4 is 39.3 Å². The number of fused-ring (bicyclic) bond motifs is 1. The third kappa shape index (κ3) is 3.72. The van der Waals surface area contributed by atoms with Crippen molar-refractivity contribution < 1.29 is 14.3 Å². The number of carbonyl (C=O) groups is 1. The molecule has 0 aliphatic heterocycles. The van der Waals surface area contributed by atoms with Crippen molar-refractivity contribution in [1.82, 2.24) is 9.97 Å². The zero-order valence-electron chi connectivity index (χ0n) is 15.7. The van der Waals surface area contributed by atoms with Gasteiger partial charge in [0.1, 0.15) is 16.1 Å². The smallest absolute Gasteiger partial charge is 0.342 e. The van der Waals surface area contributed by atoms with Gasteiger partial charge in [-0.15, -0.1) is 23.1 Å². The van der Waals surface area contributed by atoms with Crippen molar-refractivity contribution in [2.24, 2.45) is 0 Å². The van der Waals surface area contributed by atoms with E-state index in [9.17, 15) is 9.59 Å². The molecule has 3 aromatic rings. The number of benzene rings is 1. The molecule has 0 saturated carbocycles. The van der Waals surface area contributed by atoms with E-state index >= 15 is 0 Å². The van der Waals surface area contributed by atoms with Gasteiger partial charge in [-0.25, -0.2) is 9.78 Å². The van der Waals surface area contributed by atoms with Gasteiger partial charge >= 0.3 is 5.97 Å². The summed E-state index contributed by atoms with van der Waals surface area (Å²) in [5.74, 6) is 0.232. The highest BCUT2D eigenvalue weighted by atomic mass is 32.2. The Morgan fingerprint density at radius 1 is 1.33 bits per heavy atom. The third-order valence-electron chi connectivity index (χ3n) is 4.35. The molecule has 3 rings (SSSR count). The number of aryl methyl sites for hydroxylation is 2. The molecular formula is C19H20N2O4S2. The average molecular weight is 405 g/mol. The second-order valence-electron chi connectivity index (χ2n) is 6.03. The first-order chi connectivity index (χ1) is 12.8. The summed E-state index contributed by atoms with van der Waals surface area (Å²) in [4.78, 5) is 34.9. The zero-order chi connectivity index (χ0) is 19.7. The Bertz CT molecular complexity index is 1070. The standard InChI is InChI=1S/C19H20N2O4S2/c1-9-11(3)27-18-15(9)17(22)20-16(21-18)10(2)25-19(23)13-7-6-12(26-5)8-14(13)24-4/h6-8,10H,1-5H3,(H,20,21,22)/t10-/m0/s1. The lowest BCUT2D eigenvalue weighted by Crippen LogP contribution is -2.17. The molecule has 0 bridgehead atoms. The highest BCUT2D eigenvalue weighted by Crippen LogP contribution is 2.29. The number of ether oxygens (including phenoxy) is 2. The second-order valence-corrected chi connectivity index (χ2v) is 8.11. The molecule has 1 aromatic carbocycles. The minimum Gasteiger partial charge on any atom is -0.496 e. The van der Waals surface area contributed by atoms with Crippen LogP contribution in [0.15, 0.2) is 27.9 Å². The Morgan fingerprint density at radius 2 is 2.07 bits per heavy atom. The number of carbonyl (C=O) groups excluding carboxylic acids is 1. The minimum absolute atomic E-state index is 0.221. The summed E-state index contributed by atoms with van der Waals surface area (Å²) < 4.78 is 10.8. The lowest BCUT2D eigenvalue weighted by Gasteiger charge is -2.14. The van der Waals surface area contributed by atoms with Crippen molar-refractivity contribution in [3.05, 3.63) is 50.4 Å². The van der Waals surface area contributed by atoms with Crippen LogP contribution in [0.25, 0.3) is 10.2 Å². The van der Waals surface area contributed by atoms with Gasteiger partial charge in [0.15, 0.2) is 11.9 Å². The van der Waals surface area contributed by atoms with Gasteiger partial charge in [-0.05, 0) is 50.8 Å². The SMILES string of the molecule is COc1cc(SC)ccc1C(=O)O[C@@H](C)c1nc2sc(C)c(C)c2c(=O)[nH]1. The Hall–Kier alpha value is -2.32. The quantitative estimate of drug-likeness (QED) is 0.506. The number of aromatic amines is 1. The lowest BCUT2D eigenvalue weighted by atomic mass is 10.2. The van der Waals surface area contributed by atoms with Crippen LogP contribution in [-0.4, -0.2) is 29.3 Å². The van der Waals surface area contributed by atoms with Gasteiger partial charge in [0, 0.05) is 9.77 Å². The molecule has 0 radical (unpaired) electrons. The van der Waals surface area contributed by atoms with E-state index in [4.69, 9.17) is 9.47 Å². The highest BCUT2D eigenvalue weighted by molar-refractivity contribution is 7.98. The van der Waals surface area contributed by atoms with E-state index in [1.807, 2.05) is 26.2 Å². The Morgan fingerprint density at radius 3 is 2.74 bits per heavy atom. The number of rotatable bonds is 5. The van der Waals surface area contributed by atoms with E-state index in [1.54, 1.807) is 30.8 Å². The number of aromatic nitrogens is 2. The van der Waals surface area contributed by atoms with Crippen molar-refractivity contribution in [1.29, 1.82) is 0 Å². The van der Waals surface area contributed by atoms with Crippen LogP contribution in [-0.2, 0) is 4.74 Å². The number of thiophene rings is 1. The van der Waals surface area contributed by atoms with Crippen LogP contribution in [0.2, 0.25) is 0 Å². The summed E-state index contributed by atoms with van der Waals surface area (Å²) >= 11 is 3.01. The normalized spacial score (nSPS) is 12.2. The molecule has 0 unspecified atom stereocenters. The van der Waals surface area contributed by atoms with Crippen LogP contribution in [0.3, 0.4) is 0 Å². The number of thioether (sulfide) groups is 1. The predicted molar refractivity (Wildman–Crippen MR) is 108 cm³/mol. The Kier molecular flexibility index (Phi) is 5.57. The molecule has 2 heterocycles. The maximum atomic E-state index is 12.6. The molecule has 0 saturated heterocycles. The van der Waals surface area contributed by atoms with Gasteiger partial charge in [-0.3, -0.25) is 4.79 Å². The molecular weight excluding hydrogens is 384 g/mol. The monoisotopic (exact) mass is 404 g/mol. The lowest BCUT2D eigenvalue weighted by molar-refractivity contribution is 0.0316. The fourth-order valence-electron chi connectivity index (χ4n) is 2.71. The van der Waals surface area contributed by atoms with E-state index in [0.717, 1.165) is 15.3 Å². The van der Waals surface area contributed by atoms with E-state index < -0.39 is 12.1 Å². The molecule has 0 amide bonds. The Labute approximate surface area is 164 Å². The number of esters is 1. The van der Waals surface area contributed by atoms with Crippen molar-refractivity contribution in [2.45, 2.75) is 31.8 Å². The molecule has 1 N–H and O–H groups in total. The maximum Gasteiger partial charge on any atom is 0.342 e. The molecule has 0 aliphatic rings. The number of methoxy groups -OCH3 is 1. The molecule has 142 valence electrons. The Balaban J connectivity index is 1.89. The van der Waals surface area contributed by atoms with E-state index in [2.05, 4.69) is 9.97 Å². The van der Waals surface area contributed by atoms with E-state index in [-0.39, 0.29) is 5.56 Å². The van der Waals surface area contributed by atoms with Crippen molar-refractivity contribution in [3.8, 4) is 5.75 Å². The van der Waals surface area contributed by atoms with Crippen LogP contribution in [0.4, 0.5) is 0 Å². The molecule has 27 heavy (non-hydrogen) atoms. The summed E-state index contributed by atoms with van der Waals surface area (Å²) in [5.41, 5.74) is 1.04. The maximum absolute atomic E-state index is 12.6. The fraction of sp³-hybridized carbons (Fsp3) is 0.316. The number of hydrogen-bond donors (Lipinski definition) is 1. The molecule has 0 aliphatic carbocycles. The minimum atomic E-state index is -0.706. The van der Waals surface area contributed by atoms with Crippen LogP contribution in [0.5, 0.6) is 5.75 Å². The largest absolute Gasteiger partial charge is 0.496 e. The number of nitrogens with one attached hydrogen (secondary N) is 1. The molecule has 0 spiro atoms. The second kappa shape index (κ2) is 7.74. The zero-order valence-corrected chi connectivity index (χ0v) is 17.3. The van der Waals surface area contributed by atoms with Gasteiger partial charge < -0.3 is 14.5 Å². The molecule has 1 atom stereocenters. The number of hydrogen-bond acceptors (Lipinski definition) is 7. The molecule has 6 nitrogen and oxygen atoms in total. The first-order valence-corrected chi connectivity index (χ1v) is 10.3. The summed E-state index contributed by atoms with van der Waals surface area (Å²) in [6.45, 7) is 5.53. The summed E-state index contributed by atoms with van der Waals surface area (Å²) in [6, 6.07) is 5.29. The van der Waals surface area contributed by atoms with Gasteiger partial charge in [-0.1, -0.05) is 0 Å². The first kappa shape index (κ1) is 19.4. The van der Waals surface area contributed by atoms with Gasteiger partial charge in [0.25, 0.3) is 5.56 Å². The fourth-order valence-corrected chi connectivity index (χ4v) is 4.18. The van der Waals surface area contributed by atoms with Crippen LogP contribution >= 0.6 is 23.1 Å². The summed E-state index contributed by atoms with van der Waals surface area (Å²) in [5, 5.41) is 0.592. The van der Waals surface area contributed by atoms with Crippen LogP contribution in [0, 0.1) is 13.8 Å². The number of nitrogens with zero attached hydrogens (tertiary/aromatic N) is 1. The molecule has 0 fully saturated rings. The van der Waals surface area contributed by atoms with Crippen LogP contribution in [0.1, 0.15) is 39.7 Å². The van der Waals surface area contributed by atoms with Crippen molar-refractivity contribution in [3.63, 3.8) is 0 Å². The summed E-state index contributed by atoms with van der Waals surface area (Å²) in [6.07, 6.45) is 1.24. The van der Waals surface area contributed by atoms with Gasteiger partial charge in [-0.2, -0.15) is 0 Å². The first-order valence-electron chi connectivity index (χ1n) is 8.28. The number of H-pyrrole nitrogens is 1. The van der Waals surface area contributed by atoms with Crippen LogP contribution < -0.4 is 10.3 Å². The van der Waals surface area contributed by atoms with Crippen molar-refractivity contribution in [2.75, 3.05) is 13.4 Å². The summed E-state index contributed by atoms with van der Waals surface area (Å²) in [7, 11) is 1.51. The molecule has 8 heteroatoms. The predicted octanol–water partition coefficient (Wildman–Crippen LogP) is 4.25. The molecule has 2 aromatic heterocycles. The van der Waals surface area contributed by atoms with Gasteiger partial charge in [0.2, 0.25) is 0 Å². The topological polar surface area (TPSA) is 81.3 Å². The van der Waals surface area contributed by atoms with E-state index in [0.29, 0.717) is 27.4 Å². The van der Waals surface area contributed by atoms with Gasteiger partial charge in [0.05, 0.1) is 12.5 Å². The highest BCUT2D eigenvalue weighted by Gasteiger charge is 2.21. The van der Waals surface area contributed by atoms with E-state index in [1.165, 1.54) is 18.4 Å². The average Bonchev–Trinajstić information content (AvgIpc) is 2.95.